The highest BCUT2D eigenvalue weighted by Gasteiger charge is 2.20. The van der Waals surface area contributed by atoms with Crippen LogP contribution >= 0.6 is 23.1 Å². The molecule has 1 aromatic carbocycles. The number of nitrogen functional groups attached to an aromatic ring is 1. The van der Waals surface area contributed by atoms with Gasteiger partial charge >= 0.3 is 0 Å². The van der Waals surface area contributed by atoms with Gasteiger partial charge in [0.2, 0.25) is 0 Å². The van der Waals surface area contributed by atoms with E-state index in [4.69, 9.17) is 10.7 Å². The Morgan fingerprint density at radius 3 is 2.70 bits per heavy atom. The third-order valence-electron chi connectivity index (χ3n) is 5.03. The first-order chi connectivity index (χ1) is 14.5. The predicted octanol–water partition coefficient (Wildman–Crippen LogP) is 5.11. The van der Waals surface area contributed by atoms with Gasteiger partial charge in [0, 0.05) is 17.8 Å². The van der Waals surface area contributed by atoms with Gasteiger partial charge in [-0.15, -0.1) is 28.1 Å². The molecule has 4 aromatic rings. The minimum atomic E-state index is -0.0169. The fourth-order valence-corrected chi connectivity index (χ4v) is 5.28. The molecule has 0 aliphatic rings. The molecule has 0 saturated carbocycles. The molecule has 6 nitrogen and oxygen atoms in total. The molecular formula is C22H24N6S2. The van der Waals surface area contributed by atoms with Crippen LogP contribution in [0.3, 0.4) is 0 Å². The van der Waals surface area contributed by atoms with Crippen molar-refractivity contribution in [2.75, 3.05) is 5.73 Å². The SMILES string of the molecule is C=CCn1c(Cc2ccccc2)nnc1SC(C)c1nc(N)c2c(C)c(C)sc2n1. The van der Waals surface area contributed by atoms with Gasteiger partial charge in [-0.25, -0.2) is 9.97 Å². The number of aryl methyl sites for hydroxylation is 2. The summed E-state index contributed by atoms with van der Waals surface area (Å²) in [4.78, 5) is 11.6. The molecule has 0 radical (unpaired) electrons. The molecule has 0 spiro atoms. The van der Waals surface area contributed by atoms with Crippen LogP contribution in [0.2, 0.25) is 0 Å². The number of rotatable bonds is 7. The second-order valence-electron chi connectivity index (χ2n) is 7.15. The zero-order chi connectivity index (χ0) is 21.3. The van der Waals surface area contributed by atoms with Crippen molar-refractivity contribution in [3.05, 3.63) is 70.6 Å². The van der Waals surface area contributed by atoms with Gasteiger partial charge in [-0.05, 0) is 31.9 Å². The summed E-state index contributed by atoms with van der Waals surface area (Å²) in [5.41, 5.74) is 8.63. The van der Waals surface area contributed by atoms with Crippen molar-refractivity contribution >= 4 is 39.1 Å². The molecule has 2 N–H and O–H groups in total. The molecule has 3 heterocycles. The first-order valence-corrected chi connectivity index (χ1v) is 11.4. The molecule has 30 heavy (non-hydrogen) atoms. The number of thiophene rings is 1. The predicted molar refractivity (Wildman–Crippen MR) is 125 cm³/mol. The topological polar surface area (TPSA) is 82.5 Å². The first kappa shape index (κ1) is 20.6. The second kappa shape index (κ2) is 8.57. The summed E-state index contributed by atoms with van der Waals surface area (Å²) >= 11 is 3.25. The number of hydrogen-bond acceptors (Lipinski definition) is 7. The number of hydrogen-bond donors (Lipinski definition) is 1. The smallest absolute Gasteiger partial charge is 0.192 e. The molecular weight excluding hydrogens is 412 g/mol. The number of benzene rings is 1. The normalized spacial score (nSPS) is 12.4. The zero-order valence-corrected chi connectivity index (χ0v) is 18.9. The minimum Gasteiger partial charge on any atom is -0.383 e. The molecule has 0 bridgehead atoms. The molecule has 0 fully saturated rings. The molecule has 3 aromatic heterocycles. The van der Waals surface area contributed by atoms with Crippen molar-refractivity contribution in [3.63, 3.8) is 0 Å². The highest BCUT2D eigenvalue weighted by molar-refractivity contribution is 7.99. The van der Waals surface area contributed by atoms with E-state index in [1.54, 1.807) is 23.1 Å². The third-order valence-corrected chi connectivity index (χ3v) is 7.21. The van der Waals surface area contributed by atoms with Gasteiger partial charge in [0.05, 0.1) is 10.6 Å². The lowest BCUT2D eigenvalue weighted by atomic mass is 10.1. The van der Waals surface area contributed by atoms with E-state index in [2.05, 4.69) is 59.2 Å². The van der Waals surface area contributed by atoms with Crippen molar-refractivity contribution in [2.24, 2.45) is 0 Å². The number of nitrogens with zero attached hydrogens (tertiary/aromatic N) is 5. The molecule has 0 aliphatic carbocycles. The molecule has 0 aliphatic heterocycles. The largest absolute Gasteiger partial charge is 0.383 e. The summed E-state index contributed by atoms with van der Waals surface area (Å²) < 4.78 is 2.10. The van der Waals surface area contributed by atoms with Crippen molar-refractivity contribution in [3.8, 4) is 0 Å². The Labute approximate surface area is 184 Å². The molecule has 154 valence electrons. The van der Waals surface area contributed by atoms with E-state index < -0.39 is 0 Å². The van der Waals surface area contributed by atoms with E-state index >= 15 is 0 Å². The van der Waals surface area contributed by atoms with Gasteiger partial charge in [-0.1, -0.05) is 48.2 Å². The summed E-state index contributed by atoms with van der Waals surface area (Å²) in [7, 11) is 0. The standard InChI is InChI=1S/C22H24N6S2/c1-5-11-28-17(12-16-9-7-6-8-10-16)26-27-22(28)30-15(4)20-24-19(23)18-13(2)14(3)29-21(18)25-20/h5-10,15H,1,11-12H2,2-4H3,(H2,23,24,25). The zero-order valence-electron chi connectivity index (χ0n) is 17.3. The maximum Gasteiger partial charge on any atom is 0.192 e. The van der Waals surface area contributed by atoms with Crippen LogP contribution in [0.5, 0.6) is 0 Å². The highest BCUT2D eigenvalue weighted by atomic mass is 32.2. The lowest BCUT2D eigenvalue weighted by molar-refractivity contribution is 0.688. The quantitative estimate of drug-likeness (QED) is 0.320. The Kier molecular flexibility index (Phi) is 5.87. The van der Waals surface area contributed by atoms with Gasteiger partial charge in [0.15, 0.2) is 5.16 Å². The summed E-state index contributed by atoms with van der Waals surface area (Å²) in [5, 5.41) is 10.7. The van der Waals surface area contributed by atoms with Crippen LogP contribution in [0.25, 0.3) is 10.2 Å². The van der Waals surface area contributed by atoms with Gasteiger partial charge in [-0.2, -0.15) is 0 Å². The number of allylic oxidation sites excluding steroid dienone is 1. The van der Waals surface area contributed by atoms with Gasteiger partial charge < -0.3 is 10.3 Å². The van der Waals surface area contributed by atoms with E-state index in [9.17, 15) is 0 Å². The Morgan fingerprint density at radius 2 is 1.97 bits per heavy atom. The number of nitrogens with two attached hydrogens (primary N) is 1. The Hall–Kier alpha value is -2.71. The maximum atomic E-state index is 6.27. The van der Waals surface area contributed by atoms with Crippen LogP contribution < -0.4 is 5.73 Å². The van der Waals surface area contributed by atoms with Crippen LogP contribution in [-0.4, -0.2) is 24.7 Å². The average Bonchev–Trinajstić information content (AvgIpc) is 3.23. The van der Waals surface area contributed by atoms with Crippen LogP contribution in [-0.2, 0) is 13.0 Å². The Morgan fingerprint density at radius 1 is 1.20 bits per heavy atom. The van der Waals surface area contributed by atoms with Crippen LogP contribution in [0, 0.1) is 13.8 Å². The van der Waals surface area contributed by atoms with Crippen LogP contribution in [0.15, 0.2) is 48.1 Å². The van der Waals surface area contributed by atoms with Crippen molar-refractivity contribution in [1.82, 2.24) is 24.7 Å². The van der Waals surface area contributed by atoms with E-state index in [0.717, 1.165) is 33.2 Å². The first-order valence-electron chi connectivity index (χ1n) is 9.74. The lowest BCUT2D eigenvalue weighted by Gasteiger charge is -2.12. The average molecular weight is 437 g/mol. The highest BCUT2D eigenvalue weighted by Crippen LogP contribution is 2.37. The van der Waals surface area contributed by atoms with Crippen molar-refractivity contribution in [1.29, 1.82) is 0 Å². The summed E-state index contributed by atoms with van der Waals surface area (Å²) in [6.45, 7) is 10.8. The van der Waals surface area contributed by atoms with E-state index in [1.807, 2.05) is 24.3 Å². The van der Waals surface area contributed by atoms with Crippen LogP contribution in [0.4, 0.5) is 5.82 Å². The monoisotopic (exact) mass is 436 g/mol. The van der Waals surface area contributed by atoms with Crippen LogP contribution in [0.1, 0.15) is 39.8 Å². The van der Waals surface area contributed by atoms with E-state index in [1.165, 1.54) is 10.4 Å². The lowest BCUT2D eigenvalue weighted by Crippen LogP contribution is -2.06. The Bertz CT molecular complexity index is 1200. The maximum absolute atomic E-state index is 6.27. The van der Waals surface area contributed by atoms with Crippen molar-refractivity contribution < 1.29 is 0 Å². The molecule has 1 unspecified atom stereocenters. The number of fused-ring (bicyclic) bond motifs is 1. The molecule has 1 atom stereocenters. The fraction of sp³-hybridized carbons (Fsp3) is 0.273. The molecule has 0 saturated heterocycles. The van der Waals surface area contributed by atoms with Gasteiger partial charge in [-0.3, -0.25) is 0 Å². The summed E-state index contributed by atoms with van der Waals surface area (Å²) in [6, 6.07) is 10.3. The fourth-order valence-electron chi connectivity index (χ4n) is 3.32. The summed E-state index contributed by atoms with van der Waals surface area (Å²) in [5.74, 6) is 2.17. The van der Waals surface area contributed by atoms with Gasteiger partial charge in [0.1, 0.15) is 22.3 Å². The van der Waals surface area contributed by atoms with E-state index in [-0.39, 0.29) is 5.25 Å². The minimum absolute atomic E-state index is 0.0169. The van der Waals surface area contributed by atoms with E-state index in [0.29, 0.717) is 18.2 Å². The third kappa shape index (κ3) is 3.97. The molecule has 0 amide bonds. The molecule has 4 rings (SSSR count). The Balaban J connectivity index is 1.62. The molecule has 8 heteroatoms. The summed E-state index contributed by atoms with van der Waals surface area (Å²) in [6.07, 6.45) is 2.59. The number of aromatic nitrogens is 5. The number of thioether (sulfide) groups is 1. The number of anilines is 1. The van der Waals surface area contributed by atoms with Gasteiger partial charge in [0.25, 0.3) is 0 Å². The van der Waals surface area contributed by atoms with Crippen molar-refractivity contribution in [2.45, 2.75) is 44.1 Å². The second-order valence-corrected chi connectivity index (χ2v) is 9.66.